The van der Waals surface area contributed by atoms with Crippen LogP contribution >= 0.6 is 15.9 Å². The van der Waals surface area contributed by atoms with Crippen molar-refractivity contribution in [1.82, 2.24) is 0 Å². The molecule has 0 saturated heterocycles. The van der Waals surface area contributed by atoms with Gasteiger partial charge in [-0.3, -0.25) is 14.9 Å². The number of hydrogen-bond acceptors (Lipinski definition) is 4. The number of aliphatic carboxylic acids is 1. The van der Waals surface area contributed by atoms with Gasteiger partial charge >= 0.3 is 5.97 Å². The molecule has 1 N–H and O–H groups in total. The first-order chi connectivity index (χ1) is 9.95. The van der Waals surface area contributed by atoms with Gasteiger partial charge in [0.05, 0.1) is 15.8 Å². The van der Waals surface area contributed by atoms with Crippen LogP contribution in [0.1, 0.15) is 5.56 Å². The Morgan fingerprint density at radius 3 is 2.43 bits per heavy atom. The van der Waals surface area contributed by atoms with Crippen LogP contribution in [0.4, 0.5) is 5.69 Å². The number of halogens is 1. The molecule has 0 aliphatic heterocycles. The lowest BCUT2D eigenvalue weighted by molar-refractivity contribution is -0.384. The topological polar surface area (TPSA) is 89.7 Å². The summed E-state index contributed by atoms with van der Waals surface area (Å²) in [4.78, 5) is 20.7. The summed E-state index contributed by atoms with van der Waals surface area (Å²) in [5, 5.41) is 19.3. The number of carboxylic acid groups (broad SMARTS) is 1. The number of rotatable bonds is 5. The lowest BCUT2D eigenvalue weighted by Crippen LogP contribution is -1.99. The molecule has 2 aromatic rings. The molecule has 0 aliphatic carbocycles. The number of nitro benzene ring substituents is 1. The molecule has 0 aliphatic rings. The number of carbonyl (C=O) groups is 1. The second-order valence-electron chi connectivity index (χ2n) is 4.19. The Kier molecular flexibility index (Phi) is 4.54. The molecule has 2 aromatic carbocycles. The summed E-state index contributed by atoms with van der Waals surface area (Å²) >= 11 is 3.21. The van der Waals surface area contributed by atoms with Gasteiger partial charge in [-0.1, -0.05) is 12.1 Å². The third-order valence-electron chi connectivity index (χ3n) is 2.63. The van der Waals surface area contributed by atoms with Gasteiger partial charge in [-0.2, -0.15) is 0 Å². The van der Waals surface area contributed by atoms with Gasteiger partial charge in [0.15, 0.2) is 0 Å². The summed E-state index contributed by atoms with van der Waals surface area (Å²) in [6.45, 7) is 0. The maximum atomic E-state index is 10.6. The summed E-state index contributed by atoms with van der Waals surface area (Å²) in [5.74, 6) is 0.0482. The van der Waals surface area contributed by atoms with Crippen molar-refractivity contribution in [3.05, 3.63) is 62.6 Å². The van der Waals surface area contributed by atoms with E-state index in [0.717, 1.165) is 0 Å². The lowest BCUT2D eigenvalue weighted by Gasteiger charge is -2.08. The average Bonchev–Trinajstić information content (AvgIpc) is 2.42. The molecule has 7 heteroatoms. The normalized spacial score (nSPS) is 10.1. The minimum absolute atomic E-state index is 0.0361. The Bertz CT molecular complexity index is 684. The predicted octanol–water partition coefficient (Wildman–Crippen LogP) is 3.78. The molecular formula is C14H10BrNO5. The molecule has 2 rings (SSSR count). The van der Waals surface area contributed by atoms with Crippen molar-refractivity contribution in [3.8, 4) is 11.5 Å². The number of carboxylic acids is 1. The molecule has 0 unspecified atom stereocenters. The van der Waals surface area contributed by atoms with Crippen molar-refractivity contribution >= 4 is 27.6 Å². The molecular weight excluding hydrogens is 342 g/mol. The Balaban J connectivity index is 2.14. The van der Waals surface area contributed by atoms with Gasteiger partial charge in [0.2, 0.25) is 0 Å². The van der Waals surface area contributed by atoms with Crippen molar-refractivity contribution in [3.63, 3.8) is 0 Å². The third kappa shape index (κ3) is 4.03. The highest BCUT2D eigenvalue weighted by Crippen LogP contribution is 2.32. The molecule has 0 bridgehead atoms. The van der Waals surface area contributed by atoms with Crippen LogP contribution in [0, 0.1) is 10.1 Å². The van der Waals surface area contributed by atoms with Crippen LogP contribution in [0.5, 0.6) is 11.5 Å². The van der Waals surface area contributed by atoms with E-state index >= 15 is 0 Å². The summed E-state index contributed by atoms with van der Waals surface area (Å²) in [6, 6.07) is 10.8. The second kappa shape index (κ2) is 6.36. The van der Waals surface area contributed by atoms with Crippen molar-refractivity contribution < 1.29 is 19.6 Å². The van der Waals surface area contributed by atoms with Crippen LogP contribution in [-0.2, 0) is 11.2 Å². The minimum atomic E-state index is -0.901. The number of ether oxygens (including phenoxy) is 1. The summed E-state index contributed by atoms with van der Waals surface area (Å²) in [7, 11) is 0. The number of benzene rings is 2. The minimum Gasteiger partial charge on any atom is -0.481 e. The van der Waals surface area contributed by atoms with E-state index in [1.54, 1.807) is 24.3 Å². The molecule has 0 atom stereocenters. The van der Waals surface area contributed by atoms with Crippen LogP contribution in [0.15, 0.2) is 46.9 Å². The Hall–Kier alpha value is -2.41. The van der Waals surface area contributed by atoms with Gasteiger partial charge in [-0.25, -0.2) is 0 Å². The predicted molar refractivity (Wildman–Crippen MR) is 78.7 cm³/mol. The van der Waals surface area contributed by atoms with Crippen LogP contribution < -0.4 is 4.74 Å². The van der Waals surface area contributed by atoms with E-state index in [0.29, 0.717) is 21.5 Å². The van der Waals surface area contributed by atoms with E-state index in [4.69, 9.17) is 9.84 Å². The van der Waals surface area contributed by atoms with E-state index in [1.165, 1.54) is 18.2 Å². The number of hydrogen-bond donors (Lipinski definition) is 1. The van der Waals surface area contributed by atoms with E-state index in [9.17, 15) is 14.9 Å². The largest absolute Gasteiger partial charge is 0.481 e. The molecule has 0 heterocycles. The average molecular weight is 352 g/mol. The van der Waals surface area contributed by atoms with Crippen LogP contribution in [0.2, 0.25) is 0 Å². The molecule has 0 spiro atoms. The Labute approximate surface area is 128 Å². The number of nitro groups is 1. The molecule has 0 fully saturated rings. The highest BCUT2D eigenvalue weighted by Gasteiger charge is 2.10. The summed E-state index contributed by atoms with van der Waals surface area (Å²) < 4.78 is 6.05. The molecule has 0 saturated carbocycles. The lowest BCUT2D eigenvalue weighted by atomic mass is 10.1. The summed E-state index contributed by atoms with van der Waals surface area (Å²) in [6.07, 6.45) is -0.0541. The Morgan fingerprint density at radius 2 is 1.90 bits per heavy atom. The molecule has 21 heavy (non-hydrogen) atoms. The maximum Gasteiger partial charge on any atom is 0.307 e. The zero-order valence-electron chi connectivity index (χ0n) is 10.7. The van der Waals surface area contributed by atoms with Crippen molar-refractivity contribution in [2.24, 2.45) is 0 Å². The van der Waals surface area contributed by atoms with E-state index in [-0.39, 0.29) is 12.1 Å². The summed E-state index contributed by atoms with van der Waals surface area (Å²) in [5.41, 5.74) is 0.628. The Morgan fingerprint density at radius 1 is 1.24 bits per heavy atom. The number of non-ortho nitro benzene ring substituents is 1. The molecule has 0 aromatic heterocycles. The van der Waals surface area contributed by atoms with Gasteiger partial charge in [0, 0.05) is 12.1 Å². The molecule has 6 nitrogen and oxygen atoms in total. The van der Waals surface area contributed by atoms with Gasteiger partial charge in [0.25, 0.3) is 5.69 Å². The van der Waals surface area contributed by atoms with Gasteiger partial charge in [0.1, 0.15) is 11.5 Å². The first-order valence-electron chi connectivity index (χ1n) is 5.88. The van der Waals surface area contributed by atoms with Gasteiger partial charge in [-0.15, -0.1) is 0 Å². The van der Waals surface area contributed by atoms with Crippen molar-refractivity contribution in [1.29, 1.82) is 0 Å². The quantitative estimate of drug-likeness (QED) is 0.653. The second-order valence-corrected chi connectivity index (χ2v) is 5.04. The van der Waals surface area contributed by atoms with E-state index in [1.807, 2.05) is 0 Å². The van der Waals surface area contributed by atoms with Crippen LogP contribution in [0.25, 0.3) is 0 Å². The number of nitrogens with zero attached hydrogens (tertiary/aromatic N) is 1. The smallest absolute Gasteiger partial charge is 0.307 e. The SMILES string of the molecule is O=C(O)Cc1ccc(Oc2ccc([N+](=O)[O-])cc2Br)cc1. The van der Waals surface area contributed by atoms with E-state index < -0.39 is 10.9 Å². The van der Waals surface area contributed by atoms with Gasteiger partial charge in [-0.05, 0) is 39.7 Å². The molecule has 108 valence electrons. The van der Waals surface area contributed by atoms with Crippen LogP contribution in [-0.4, -0.2) is 16.0 Å². The first-order valence-corrected chi connectivity index (χ1v) is 6.67. The zero-order chi connectivity index (χ0) is 15.4. The highest BCUT2D eigenvalue weighted by atomic mass is 79.9. The first kappa shape index (κ1) is 15.0. The van der Waals surface area contributed by atoms with E-state index in [2.05, 4.69) is 15.9 Å². The van der Waals surface area contributed by atoms with Gasteiger partial charge < -0.3 is 9.84 Å². The zero-order valence-corrected chi connectivity index (χ0v) is 12.2. The van der Waals surface area contributed by atoms with Crippen molar-refractivity contribution in [2.45, 2.75) is 6.42 Å². The fourth-order valence-electron chi connectivity index (χ4n) is 1.66. The van der Waals surface area contributed by atoms with Crippen LogP contribution in [0.3, 0.4) is 0 Å². The standard InChI is InChI=1S/C14H10BrNO5/c15-12-8-10(16(19)20)3-6-13(12)21-11-4-1-9(2-5-11)7-14(17)18/h1-6,8H,7H2,(H,17,18). The molecule has 0 radical (unpaired) electrons. The molecule has 0 amide bonds. The fraction of sp³-hybridized carbons (Fsp3) is 0.0714. The monoisotopic (exact) mass is 351 g/mol. The maximum absolute atomic E-state index is 10.6. The fourth-order valence-corrected chi connectivity index (χ4v) is 2.11. The van der Waals surface area contributed by atoms with Crippen molar-refractivity contribution in [2.75, 3.05) is 0 Å². The third-order valence-corrected chi connectivity index (χ3v) is 3.25. The highest BCUT2D eigenvalue weighted by molar-refractivity contribution is 9.10.